The molecule has 0 aliphatic carbocycles. The average molecular weight is 243 g/mol. The highest BCUT2D eigenvalue weighted by molar-refractivity contribution is 5.73. The fourth-order valence-corrected chi connectivity index (χ4v) is 2.22. The van der Waals surface area contributed by atoms with Gasteiger partial charge in [-0.05, 0) is 25.3 Å². The Labute approximate surface area is 109 Å². The Morgan fingerprint density at radius 3 is 2.61 bits per heavy atom. The van der Waals surface area contributed by atoms with Gasteiger partial charge in [-0.1, -0.05) is 37.6 Å². The summed E-state index contributed by atoms with van der Waals surface area (Å²) in [5.74, 6) is 1.32. The molecule has 0 amide bonds. The second-order valence-electron chi connectivity index (χ2n) is 5.34. The molecule has 18 heavy (non-hydrogen) atoms. The van der Waals surface area contributed by atoms with E-state index in [2.05, 4.69) is 50.9 Å². The van der Waals surface area contributed by atoms with Gasteiger partial charge >= 0.3 is 0 Å². The van der Waals surface area contributed by atoms with E-state index in [0.717, 1.165) is 23.6 Å². The highest BCUT2D eigenvalue weighted by Crippen LogP contribution is 2.28. The molecule has 0 aliphatic heterocycles. The summed E-state index contributed by atoms with van der Waals surface area (Å²) in [7, 11) is 0. The van der Waals surface area contributed by atoms with Gasteiger partial charge in [-0.3, -0.25) is 0 Å². The van der Waals surface area contributed by atoms with Gasteiger partial charge in [0.15, 0.2) is 0 Å². The van der Waals surface area contributed by atoms with Crippen LogP contribution in [0.5, 0.6) is 0 Å². The van der Waals surface area contributed by atoms with Crippen LogP contribution in [0.4, 0.5) is 5.82 Å². The first-order chi connectivity index (χ1) is 8.49. The number of hydrogen-bond donors (Lipinski definition) is 1. The van der Waals surface area contributed by atoms with Gasteiger partial charge in [0.05, 0.1) is 6.33 Å². The number of nitrogens with two attached hydrogens (primary N) is 1. The molecule has 0 aliphatic rings. The molecular weight excluding hydrogens is 222 g/mol. The van der Waals surface area contributed by atoms with E-state index in [4.69, 9.17) is 5.73 Å². The van der Waals surface area contributed by atoms with Crippen molar-refractivity contribution < 1.29 is 0 Å². The van der Waals surface area contributed by atoms with Crippen molar-refractivity contribution >= 4 is 5.82 Å². The number of hydrogen-bond acceptors (Lipinski definition) is 2. The molecule has 0 bridgehead atoms. The molecule has 96 valence electrons. The molecule has 2 aromatic rings. The first-order valence-electron chi connectivity index (χ1n) is 6.37. The number of anilines is 1. The van der Waals surface area contributed by atoms with Gasteiger partial charge in [0.1, 0.15) is 11.5 Å². The van der Waals surface area contributed by atoms with Crippen molar-refractivity contribution in [2.75, 3.05) is 5.73 Å². The normalized spacial score (nSPS) is 11.2. The quantitative estimate of drug-likeness (QED) is 0.897. The minimum Gasteiger partial charge on any atom is -0.383 e. The number of benzene rings is 1. The van der Waals surface area contributed by atoms with Crippen LogP contribution in [0.15, 0.2) is 24.5 Å². The van der Waals surface area contributed by atoms with Crippen molar-refractivity contribution in [2.45, 2.75) is 34.2 Å². The Morgan fingerprint density at radius 2 is 2.00 bits per heavy atom. The van der Waals surface area contributed by atoms with Gasteiger partial charge in [-0.2, -0.15) is 0 Å². The average Bonchev–Trinajstić information content (AvgIpc) is 2.60. The summed E-state index contributed by atoms with van der Waals surface area (Å²) in [6.45, 7) is 9.46. The summed E-state index contributed by atoms with van der Waals surface area (Å²) in [6.07, 6.45) is 1.84. The van der Waals surface area contributed by atoms with Crippen LogP contribution in [0.25, 0.3) is 11.3 Å². The van der Waals surface area contributed by atoms with E-state index in [1.165, 1.54) is 11.1 Å². The Bertz CT molecular complexity index is 553. The first-order valence-corrected chi connectivity index (χ1v) is 6.37. The third kappa shape index (κ3) is 2.40. The summed E-state index contributed by atoms with van der Waals surface area (Å²) in [4.78, 5) is 4.47. The summed E-state index contributed by atoms with van der Waals surface area (Å²) in [5.41, 5.74) is 10.7. The highest BCUT2D eigenvalue weighted by Gasteiger charge is 2.12. The topological polar surface area (TPSA) is 43.8 Å². The lowest BCUT2D eigenvalue weighted by atomic mass is 10.0. The summed E-state index contributed by atoms with van der Waals surface area (Å²) in [6, 6.07) is 6.36. The van der Waals surface area contributed by atoms with E-state index in [1.54, 1.807) is 0 Å². The van der Waals surface area contributed by atoms with Crippen molar-refractivity contribution in [3.63, 3.8) is 0 Å². The lowest BCUT2D eigenvalue weighted by molar-refractivity contribution is 0.527. The third-order valence-electron chi connectivity index (χ3n) is 3.08. The van der Waals surface area contributed by atoms with E-state index in [9.17, 15) is 0 Å². The number of nitrogens with zero attached hydrogens (tertiary/aromatic N) is 2. The summed E-state index contributed by atoms with van der Waals surface area (Å²) >= 11 is 0. The molecular formula is C15H21N3. The van der Waals surface area contributed by atoms with E-state index in [-0.39, 0.29) is 0 Å². The molecule has 2 N–H and O–H groups in total. The van der Waals surface area contributed by atoms with Crippen LogP contribution in [0.3, 0.4) is 0 Å². The number of nitrogen functional groups attached to an aromatic ring is 1. The minimum absolute atomic E-state index is 0.563. The van der Waals surface area contributed by atoms with Gasteiger partial charge < -0.3 is 10.3 Å². The maximum absolute atomic E-state index is 6.19. The predicted octanol–water partition coefficient (Wildman–Crippen LogP) is 3.41. The standard InChI is InChI=1S/C15H21N3/c1-10(2)8-18-9-17-14(15(18)16)13-6-5-11(3)7-12(13)4/h5-7,9-10H,8,16H2,1-4H3. The first kappa shape index (κ1) is 12.7. The van der Waals surface area contributed by atoms with Gasteiger partial charge in [0.2, 0.25) is 0 Å². The predicted molar refractivity (Wildman–Crippen MR) is 76.4 cm³/mol. The molecule has 1 aromatic heterocycles. The molecule has 3 nitrogen and oxygen atoms in total. The van der Waals surface area contributed by atoms with Crippen molar-refractivity contribution in [3.05, 3.63) is 35.7 Å². The number of rotatable bonds is 3. The lowest BCUT2D eigenvalue weighted by Crippen LogP contribution is -2.06. The second kappa shape index (κ2) is 4.84. The Kier molecular flexibility index (Phi) is 3.41. The Morgan fingerprint density at radius 1 is 1.28 bits per heavy atom. The van der Waals surface area contributed by atoms with E-state index >= 15 is 0 Å². The van der Waals surface area contributed by atoms with Crippen LogP contribution in [-0.4, -0.2) is 9.55 Å². The Balaban J connectivity index is 2.42. The van der Waals surface area contributed by atoms with Crippen LogP contribution >= 0.6 is 0 Å². The van der Waals surface area contributed by atoms with Crippen molar-refractivity contribution in [1.29, 1.82) is 0 Å². The van der Waals surface area contributed by atoms with Gasteiger partial charge in [-0.25, -0.2) is 4.98 Å². The smallest absolute Gasteiger partial charge is 0.131 e. The molecule has 2 rings (SSSR count). The van der Waals surface area contributed by atoms with Crippen LogP contribution in [0.1, 0.15) is 25.0 Å². The Hall–Kier alpha value is -1.77. The maximum atomic E-state index is 6.19. The second-order valence-corrected chi connectivity index (χ2v) is 5.34. The molecule has 1 aromatic carbocycles. The maximum Gasteiger partial charge on any atom is 0.131 e. The number of aryl methyl sites for hydroxylation is 2. The zero-order valence-corrected chi connectivity index (χ0v) is 11.6. The van der Waals surface area contributed by atoms with Crippen LogP contribution in [0, 0.1) is 19.8 Å². The van der Waals surface area contributed by atoms with E-state index < -0.39 is 0 Å². The van der Waals surface area contributed by atoms with Crippen molar-refractivity contribution in [1.82, 2.24) is 9.55 Å². The molecule has 0 unspecified atom stereocenters. The number of imidazole rings is 1. The summed E-state index contributed by atoms with van der Waals surface area (Å²) in [5, 5.41) is 0. The molecule has 0 saturated carbocycles. The molecule has 0 spiro atoms. The minimum atomic E-state index is 0.563. The zero-order chi connectivity index (χ0) is 13.3. The lowest BCUT2D eigenvalue weighted by Gasteiger charge is -2.09. The van der Waals surface area contributed by atoms with Gasteiger partial charge in [0, 0.05) is 12.1 Å². The zero-order valence-electron chi connectivity index (χ0n) is 11.6. The third-order valence-corrected chi connectivity index (χ3v) is 3.08. The monoisotopic (exact) mass is 243 g/mol. The molecule has 1 heterocycles. The highest BCUT2D eigenvalue weighted by atomic mass is 15.1. The SMILES string of the molecule is Cc1ccc(-c2ncn(CC(C)C)c2N)c(C)c1. The van der Waals surface area contributed by atoms with Gasteiger partial charge in [0.25, 0.3) is 0 Å². The molecule has 0 saturated heterocycles. The number of aromatic nitrogens is 2. The van der Waals surface area contributed by atoms with E-state index in [1.807, 2.05) is 10.9 Å². The van der Waals surface area contributed by atoms with Crippen LogP contribution < -0.4 is 5.73 Å². The largest absolute Gasteiger partial charge is 0.383 e. The molecule has 3 heteroatoms. The fraction of sp³-hybridized carbons (Fsp3) is 0.400. The molecule has 0 fully saturated rings. The summed E-state index contributed by atoms with van der Waals surface area (Å²) < 4.78 is 2.03. The fourth-order valence-electron chi connectivity index (χ4n) is 2.22. The van der Waals surface area contributed by atoms with Crippen molar-refractivity contribution in [3.8, 4) is 11.3 Å². The molecule has 0 atom stereocenters. The van der Waals surface area contributed by atoms with Crippen LogP contribution in [0.2, 0.25) is 0 Å². The van der Waals surface area contributed by atoms with E-state index in [0.29, 0.717) is 5.92 Å². The molecule has 0 radical (unpaired) electrons. The van der Waals surface area contributed by atoms with Crippen LogP contribution in [-0.2, 0) is 6.54 Å². The van der Waals surface area contributed by atoms with Gasteiger partial charge in [-0.15, -0.1) is 0 Å². The van der Waals surface area contributed by atoms with Crippen molar-refractivity contribution in [2.24, 2.45) is 5.92 Å².